The lowest BCUT2D eigenvalue weighted by molar-refractivity contribution is -0.384. The minimum absolute atomic E-state index is 0.0554. The molecule has 0 aromatic heterocycles. The van der Waals surface area contributed by atoms with E-state index >= 15 is 0 Å². The summed E-state index contributed by atoms with van der Waals surface area (Å²) in [4.78, 5) is 12.9. The summed E-state index contributed by atoms with van der Waals surface area (Å²) in [5.74, 6) is 0. The number of nitrogens with one attached hydrogen (secondary N) is 1. The van der Waals surface area contributed by atoms with E-state index < -0.39 is 0 Å². The lowest BCUT2D eigenvalue weighted by atomic mass is 10.0. The zero-order chi connectivity index (χ0) is 15.2. The van der Waals surface area contributed by atoms with E-state index in [1.54, 1.807) is 12.1 Å². The first kappa shape index (κ1) is 15.6. The number of aliphatic hydroxyl groups excluding tert-OH is 1. The maximum atomic E-state index is 11.1. The molecule has 1 aliphatic heterocycles. The molecule has 1 aliphatic rings. The predicted molar refractivity (Wildman–Crippen MR) is 83.9 cm³/mol. The average molecular weight is 293 g/mol. The first-order chi connectivity index (χ1) is 10.2. The number of piperidine rings is 1. The number of nitro groups is 1. The predicted octanol–water partition coefficient (Wildman–Crippen LogP) is 2.77. The van der Waals surface area contributed by atoms with Crippen LogP contribution in [0.4, 0.5) is 17.1 Å². The highest BCUT2D eigenvalue weighted by Crippen LogP contribution is 2.31. The Morgan fingerprint density at radius 2 is 2.24 bits per heavy atom. The fourth-order valence-corrected chi connectivity index (χ4v) is 2.77. The van der Waals surface area contributed by atoms with Crippen molar-refractivity contribution in [2.24, 2.45) is 0 Å². The molecule has 2 rings (SSSR count). The number of nitrogens with zero attached hydrogens (tertiary/aromatic N) is 2. The van der Waals surface area contributed by atoms with Crippen molar-refractivity contribution >= 4 is 17.1 Å². The summed E-state index contributed by atoms with van der Waals surface area (Å²) in [6.07, 6.45) is 4.03. The summed E-state index contributed by atoms with van der Waals surface area (Å²) < 4.78 is 0. The molecule has 6 heteroatoms. The van der Waals surface area contributed by atoms with Crippen LogP contribution < -0.4 is 10.2 Å². The van der Waals surface area contributed by atoms with Crippen molar-refractivity contribution in [1.29, 1.82) is 0 Å². The Bertz CT molecular complexity index is 493. The number of benzene rings is 1. The minimum Gasteiger partial charge on any atom is -0.394 e. The van der Waals surface area contributed by atoms with Crippen molar-refractivity contribution in [1.82, 2.24) is 0 Å². The van der Waals surface area contributed by atoms with Gasteiger partial charge >= 0.3 is 0 Å². The van der Waals surface area contributed by atoms with E-state index in [1.165, 1.54) is 0 Å². The van der Waals surface area contributed by atoms with Gasteiger partial charge in [-0.25, -0.2) is 0 Å². The van der Waals surface area contributed by atoms with Crippen molar-refractivity contribution in [3.8, 4) is 0 Å². The maximum Gasteiger partial charge on any atom is 0.273 e. The van der Waals surface area contributed by atoms with Crippen molar-refractivity contribution in [3.63, 3.8) is 0 Å². The molecule has 1 heterocycles. The third kappa shape index (κ3) is 3.85. The molecule has 6 nitrogen and oxygen atoms in total. The number of aliphatic hydroxyl groups is 1. The van der Waals surface area contributed by atoms with E-state index in [-0.39, 0.29) is 23.3 Å². The van der Waals surface area contributed by atoms with Gasteiger partial charge in [0.15, 0.2) is 0 Å². The SMILES string of the molecule is CCCNc1cc(N2CCCCC2CO)cc([N+](=O)[O-])c1. The first-order valence-electron chi connectivity index (χ1n) is 7.56. The average Bonchev–Trinajstić information content (AvgIpc) is 2.52. The van der Waals surface area contributed by atoms with Crippen molar-refractivity contribution in [2.45, 2.75) is 38.6 Å². The van der Waals surface area contributed by atoms with E-state index in [4.69, 9.17) is 0 Å². The quantitative estimate of drug-likeness (QED) is 0.623. The van der Waals surface area contributed by atoms with Gasteiger partial charge in [-0.3, -0.25) is 10.1 Å². The molecule has 1 aromatic carbocycles. The fraction of sp³-hybridized carbons (Fsp3) is 0.600. The second kappa shape index (κ2) is 7.26. The van der Waals surface area contributed by atoms with Crippen LogP contribution in [0.5, 0.6) is 0 Å². The molecule has 1 saturated heterocycles. The zero-order valence-corrected chi connectivity index (χ0v) is 12.4. The van der Waals surface area contributed by atoms with E-state index in [0.29, 0.717) is 0 Å². The topological polar surface area (TPSA) is 78.6 Å². The zero-order valence-electron chi connectivity index (χ0n) is 12.4. The lowest BCUT2D eigenvalue weighted by Gasteiger charge is -2.36. The molecule has 0 spiro atoms. The fourth-order valence-electron chi connectivity index (χ4n) is 2.77. The molecule has 1 aromatic rings. The van der Waals surface area contributed by atoms with Crippen LogP contribution in [0, 0.1) is 10.1 Å². The Kier molecular flexibility index (Phi) is 5.38. The summed E-state index contributed by atoms with van der Waals surface area (Å²) in [5, 5.41) is 23.9. The van der Waals surface area contributed by atoms with Crippen molar-refractivity contribution in [2.75, 3.05) is 29.9 Å². The minimum atomic E-state index is -0.363. The van der Waals surface area contributed by atoms with Crippen LogP contribution in [0.1, 0.15) is 32.6 Å². The van der Waals surface area contributed by atoms with Gasteiger partial charge in [-0.15, -0.1) is 0 Å². The number of nitro benzene ring substituents is 1. The van der Waals surface area contributed by atoms with Gasteiger partial charge in [0.05, 0.1) is 17.6 Å². The summed E-state index contributed by atoms with van der Waals surface area (Å²) in [6.45, 7) is 3.75. The van der Waals surface area contributed by atoms with E-state index in [9.17, 15) is 15.2 Å². The van der Waals surface area contributed by atoms with Gasteiger partial charge in [-0.05, 0) is 31.7 Å². The highest BCUT2D eigenvalue weighted by atomic mass is 16.6. The molecule has 1 atom stereocenters. The highest BCUT2D eigenvalue weighted by molar-refractivity contribution is 5.65. The third-order valence-electron chi connectivity index (χ3n) is 3.86. The molecular weight excluding hydrogens is 270 g/mol. The van der Waals surface area contributed by atoms with Gasteiger partial charge in [0, 0.05) is 36.6 Å². The molecule has 0 amide bonds. The normalized spacial score (nSPS) is 18.6. The summed E-state index contributed by atoms with van der Waals surface area (Å²) in [5.41, 5.74) is 1.68. The third-order valence-corrected chi connectivity index (χ3v) is 3.86. The molecule has 2 N–H and O–H groups in total. The monoisotopic (exact) mass is 293 g/mol. The molecule has 0 bridgehead atoms. The largest absolute Gasteiger partial charge is 0.394 e. The van der Waals surface area contributed by atoms with Crippen LogP contribution in [0.3, 0.4) is 0 Å². The number of anilines is 2. The van der Waals surface area contributed by atoms with Crippen molar-refractivity contribution in [3.05, 3.63) is 28.3 Å². The lowest BCUT2D eigenvalue weighted by Crippen LogP contribution is -2.41. The standard InChI is InChI=1S/C15H23N3O3/c1-2-6-16-12-8-14(10-15(9-12)18(20)21)17-7-4-3-5-13(17)11-19/h8-10,13,16,19H,2-7,11H2,1H3. The van der Waals surface area contributed by atoms with E-state index in [2.05, 4.69) is 17.1 Å². The van der Waals surface area contributed by atoms with Gasteiger partial charge in [0.1, 0.15) is 0 Å². The Morgan fingerprint density at radius 3 is 2.90 bits per heavy atom. The van der Waals surface area contributed by atoms with E-state index in [1.807, 2.05) is 6.07 Å². The highest BCUT2D eigenvalue weighted by Gasteiger charge is 2.23. The first-order valence-corrected chi connectivity index (χ1v) is 7.56. The van der Waals surface area contributed by atoms with Crippen LogP contribution in [-0.2, 0) is 0 Å². The number of non-ortho nitro benzene ring substituents is 1. The van der Waals surface area contributed by atoms with Gasteiger partial charge in [0.25, 0.3) is 5.69 Å². The van der Waals surface area contributed by atoms with Gasteiger partial charge in [-0.1, -0.05) is 6.92 Å². The van der Waals surface area contributed by atoms with Crippen LogP contribution in [0.2, 0.25) is 0 Å². The second-order valence-corrected chi connectivity index (χ2v) is 5.45. The molecule has 0 aliphatic carbocycles. The number of hydrogen-bond acceptors (Lipinski definition) is 5. The molecule has 1 unspecified atom stereocenters. The van der Waals surface area contributed by atoms with E-state index in [0.717, 1.165) is 50.1 Å². The van der Waals surface area contributed by atoms with Gasteiger partial charge < -0.3 is 15.3 Å². The molecular formula is C15H23N3O3. The summed E-state index contributed by atoms with van der Waals surface area (Å²) >= 11 is 0. The van der Waals surface area contributed by atoms with Crippen LogP contribution in [-0.4, -0.2) is 35.8 Å². The maximum absolute atomic E-state index is 11.1. The Labute approximate surface area is 124 Å². The number of hydrogen-bond donors (Lipinski definition) is 2. The Morgan fingerprint density at radius 1 is 1.43 bits per heavy atom. The smallest absolute Gasteiger partial charge is 0.273 e. The van der Waals surface area contributed by atoms with Crippen molar-refractivity contribution < 1.29 is 10.0 Å². The molecule has 21 heavy (non-hydrogen) atoms. The molecule has 0 saturated carbocycles. The second-order valence-electron chi connectivity index (χ2n) is 5.45. The molecule has 0 radical (unpaired) electrons. The van der Waals surface area contributed by atoms with Crippen LogP contribution in [0.25, 0.3) is 0 Å². The summed E-state index contributed by atoms with van der Waals surface area (Å²) in [6, 6.07) is 5.17. The Hall–Kier alpha value is -1.82. The summed E-state index contributed by atoms with van der Waals surface area (Å²) in [7, 11) is 0. The van der Waals surface area contributed by atoms with Crippen LogP contribution >= 0.6 is 0 Å². The van der Waals surface area contributed by atoms with Crippen LogP contribution in [0.15, 0.2) is 18.2 Å². The Balaban J connectivity index is 2.31. The van der Waals surface area contributed by atoms with Gasteiger partial charge in [-0.2, -0.15) is 0 Å². The molecule has 1 fully saturated rings. The van der Waals surface area contributed by atoms with Gasteiger partial charge in [0.2, 0.25) is 0 Å². The molecule has 116 valence electrons. The number of rotatable bonds is 6.